The first-order valence-corrected chi connectivity index (χ1v) is 5.94. The Morgan fingerprint density at radius 2 is 1.85 bits per heavy atom. The Morgan fingerprint density at radius 3 is 2.31 bits per heavy atom. The van der Waals surface area contributed by atoms with Gasteiger partial charge in [-0.3, -0.25) is 4.79 Å². The first-order chi connectivity index (χ1) is 6.16. The monoisotopic (exact) mass is 199 g/mol. The van der Waals surface area contributed by atoms with Crippen molar-refractivity contribution in [1.82, 2.24) is 4.90 Å². The van der Waals surface area contributed by atoms with Gasteiger partial charge in [0.15, 0.2) is 5.12 Å². The number of carbonyl (C=O) groups is 1. The first-order valence-electron chi connectivity index (χ1n) is 5.06. The summed E-state index contributed by atoms with van der Waals surface area (Å²) in [5.41, 5.74) is 0. The maximum absolute atomic E-state index is 11.0. The lowest BCUT2D eigenvalue weighted by Crippen LogP contribution is -2.41. The van der Waals surface area contributed by atoms with Crippen LogP contribution in [0.4, 0.5) is 0 Å². The van der Waals surface area contributed by atoms with E-state index in [1.54, 1.807) is 18.7 Å². The van der Waals surface area contributed by atoms with Gasteiger partial charge in [-0.2, -0.15) is 0 Å². The summed E-state index contributed by atoms with van der Waals surface area (Å²) in [7, 11) is 2.23. The number of nitrogens with zero attached hydrogens (tertiary/aromatic N) is 1. The van der Waals surface area contributed by atoms with Gasteiger partial charge in [0.05, 0.1) is 0 Å². The minimum Gasteiger partial charge on any atom is -0.300 e. The van der Waals surface area contributed by atoms with Gasteiger partial charge in [-0.1, -0.05) is 11.8 Å². The van der Waals surface area contributed by atoms with Gasteiger partial charge in [-0.05, 0) is 32.7 Å². The van der Waals surface area contributed by atoms with Gasteiger partial charge in [0.25, 0.3) is 0 Å². The quantitative estimate of drug-likeness (QED) is 0.643. The summed E-state index contributed by atoms with van der Waals surface area (Å²) in [5.74, 6) is 0. The molecule has 2 heterocycles. The predicted molar refractivity (Wildman–Crippen MR) is 55.9 cm³/mol. The Morgan fingerprint density at radius 1 is 1.31 bits per heavy atom. The van der Waals surface area contributed by atoms with E-state index in [2.05, 4.69) is 11.9 Å². The minimum atomic E-state index is 0.286. The van der Waals surface area contributed by atoms with E-state index < -0.39 is 0 Å². The van der Waals surface area contributed by atoms with Gasteiger partial charge in [0, 0.05) is 24.3 Å². The minimum absolute atomic E-state index is 0.286. The summed E-state index contributed by atoms with van der Waals surface area (Å²) in [6, 6.07) is 1.52. The molecule has 3 atom stereocenters. The number of rotatable bonds is 1. The molecule has 0 aromatic carbocycles. The highest BCUT2D eigenvalue weighted by molar-refractivity contribution is 8.14. The molecule has 0 radical (unpaired) electrons. The summed E-state index contributed by atoms with van der Waals surface area (Å²) in [6.45, 7) is 1.69. The third kappa shape index (κ3) is 1.91. The lowest BCUT2D eigenvalue weighted by atomic mass is 10.0. The normalized spacial score (nSPS) is 39.4. The molecule has 3 heteroatoms. The molecule has 74 valence electrons. The Labute approximate surface area is 84.1 Å². The molecule has 0 saturated carbocycles. The molecule has 2 saturated heterocycles. The molecular weight excluding hydrogens is 182 g/mol. The molecule has 0 unspecified atom stereocenters. The number of thioether (sulfide) groups is 1. The zero-order valence-corrected chi connectivity index (χ0v) is 9.14. The molecule has 2 aliphatic rings. The van der Waals surface area contributed by atoms with Gasteiger partial charge < -0.3 is 4.90 Å². The van der Waals surface area contributed by atoms with Gasteiger partial charge >= 0.3 is 0 Å². The molecule has 2 rings (SSSR count). The Kier molecular flexibility index (Phi) is 2.65. The van der Waals surface area contributed by atoms with E-state index in [0.717, 1.165) is 12.1 Å². The number of carbonyl (C=O) groups excluding carboxylic acids is 1. The number of piperidine rings is 1. The lowest BCUT2D eigenvalue weighted by molar-refractivity contribution is -0.109. The third-order valence-electron chi connectivity index (χ3n) is 3.39. The van der Waals surface area contributed by atoms with E-state index in [1.807, 2.05) is 0 Å². The first kappa shape index (κ1) is 9.53. The Hall–Kier alpha value is -0.0200. The van der Waals surface area contributed by atoms with Crippen molar-refractivity contribution in [3.05, 3.63) is 0 Å². The Balaban J connectivity index is 1.95. The molecule has 2 fully saturated rings. The van der Waals surface area contributed by atoms with Crippen LogP contribution in [-0.2, 0) is 4.79 Å². The molecule has 0 aromatic heterocycles. The van der Waals surface area contributed by atoms with Crippen LogP contribution in [0.1, 0.15) is 32.6 Å². The van der Waals surface area contributed by atoms with E-state index in [0.29, 0.717) is 5.25 Å². The second-order valence-electron chi connectivity index (χ2n) is 4.25. The zero-order valence-electron chi connectivity index (χ0n) is 8.32. The van der Waals surface area contributed by atoms with Crippen molar-refractivity contribution in [2.24, 2.45) is 0 Å². The molecule has 2 nitrogen and oxygen atoms in total. The van der Waals surface area contributed by atoms with Gasteiger partial charge in [-0.25, -0.2) is 0 Å². The lowest BCUT2D eigenvalue weighted by Gasteiger charge is -2.35. The largest absolute Gasteiger partial charge is 0.300 e. The maximum Gasteiger partial charge on any atom is 0.186 e. The number of hydrogen-bond donors (Lipinski definition) is 0. The maximum atomic E-state index is 11.0. The van der Waals surface area contributed by atoms with Crippen LogP contribution >= 0.6 is 11.8 Å². The van der Waals surface area contributed by atoms with Crippen LogP contribution < -0.4 is 0 Å². The van der Waals surface area contributed by atoms with Crippen molar-refractivity contribution in [3.63, 3.8) is 0 Å². The second kappa shape index (κ2) is 3.62. The van der Waals surface area contributed by atoms with Crippen molar-refractivity contribution >= 4 is 16.9 Å². The highest BCUT2D eigenvalue weighted by atomic mass is 32.2. The van der Waals surface area contributed by atoms with E-state index in [-0.39, 0.29) is 5.12 Å². The summed E-state index contributed by atoms with van der Waals surface area (Å²) in [4.78, 5) is 13.5. The van der Waals surface area contributed by atoms with Crippen LogP contribution in [0.3, 0.4) is 0 Å². The third-order valence-corrected chi connectivity index (χ3v) is 4.44. The van der Waals surface area contributed by atoms with Crippen LogP contribution in [0.5, 0.6) is 0 Å². The predicted octanol–water partition coefficient (Wildman–Crippen LogP) is 1.89. The molecule has 2 aliphatic heterocycles. The highest BCUT2D eigenvalue weighted by Crippen LogP contribution is 2.39. The second-order valence-corrected chi connectivity index (χ2v) is 5.73. The molecule has 0 aromatic rings. The summed E-state index contributed by atoms with van der Waals surface area (Å²) in [5, 5.41) is 0.889. The van der Waals surface area contributed by atoms with E-state index in [4.69, 9.17) is 0 Å². The van der Waals surface area contributed by atoms with E-state index in [1.165, 1.54) is 25.7 Å². The average molecular weight is 199 g/mol. The molecular formula is C10H17NOS. The Bertz CT molecular complexity index is 205. The van der Waals surface area contributed by atoms with Crippen molar-refractivity contribution in [3.8, 4) is 0 Å². The summed E-state index contributed by atoms with van der Waals surface area (Å²) < 4.78 is 0. The van der Waals surface area contributed by atoms with E-state index in [9.17, 15) is 4.79 Å². The van der Waals surface area contributed by atoms with Gasteiger partial charge in [0.2, 0.25) is 0 Å². The van der Waals surface area contributed by atoms with Gasteiger partial charge in [0.1, 0.15) is 0 Å². The highest BCUT2D eigenvalue weighted by Gasteiger charge is 2.38. The fourth-order valence-corrected chi connectivity index (χ4v) is 3.80. The average Bonchev–Trinajstić information content (AvgIpc) is 2.33. The zero-order chi connectivity index (χ0) is 9.42. The smallest absolute Gasteiger partial charge is 0.186 e. The number of fused-ring (bicyclic) bond motifs is 2. The standard InChI is InChI=1S/C10H17NOS/c1-7(12)13-10-5-8-3-4-9(6-10)11(8)2/h8-10H,3-6H2,1-2H3/t8-,9+,10-. The van der Waals surface area contributed by atoms with Crippen molar-refractivity contribution < 1.29 is 4.79 Å². The van der Waals surface area contributed by atoms with Crippen LogP contribution in [0, 0.1) is 0 Å². The van der Waals surface area contributed by atoms with Crippen LogP contribution in [-0.4, -0.2) is 34.4 Å². The molecule has 0 spiro atoms. The van der Waals surface area contributed by atoms with Gasteiger partial charge in [-0.15, -0.1) is 0 Å². The molecule has 0 N–H and O–H groups in total. The van der Waals surface area contributed by atoms with Crippen LogP contribution in [0.15, 0.2) is 0 Å². The summed E-state index contributed by atoms with van der Waals surface area (Å²) in [6.07, 6.45) is 5.13. The van der Waals surface area contributed by atoms with Crippen molar-refractivity contribution in [2.75, 3.05) is 7.05 Å². The molecule has 0 amide bonds. The summed E-state index contributed by atoms with van der Waals surface area (Å²) >= 11 is 1.56. The fraction of sp³-hybridized carbons (Fsp3) is 0.900. The topological polar surface area (TPSA) is 20.3 Å². The van der Waals surface area contributed by atoms with Crippen LogP contribution in [0.25, 0.3) is 0 Å². The fourth-order valence-electron chi connectivity index (χ4n) is 2.69. The molecule has 0 aliphatic carbocycles. The van der Waals surface area contributed by atoms with Crippen molar-refractivity contribution in [2.45, 2.75) is 49.9 Å². The molecule has 2 bridgehead atoms. The molecule has 13 heavy (non-hydrogen) atoms. The number of hydrogen-bond acceptors (Lipinski definition) is 3. The SMILES string of the molecule is CC(=O)S[C@@H]1C[C@H]2CC[C@@H](C1)N2C. The van der Waals surface area contributed by atoms with Crippen LogP contribution in [0.2, 0.25) is 0 Å². The van der Waals surface area contributed by atoms with Crippen molar-refractivity contribution in [1.29, 1.82) is 0 Å². The van der Waals surface area contributed by atoms with E-state index >= 15 is 0 Å².